The van der Waals surface area contributed by atoms with Gasteiger partial charge in [-0.2, -0.15) is 0 Å². The number of rotatable bonds is 7. The quantitative estimate of drug-likeness (QED) is 0.540. The van der Waals surface area contributed by atoms with E-state index in [0.29, 0.717) is 17.4 Å². The highest BCUT2D eigenvalue weighted by Gasteiger charge is 2.20. The molecule has 1 amide bonds. The van der Waals surface area contributed by atoms with Gasteiger partial charge in [0, 0.05) is 17.6 Å². The molecule has 1 aromatic heterocycles. The highest BCUT2D eigenvalue weighted by molar-refractivity contribution is 9.10. The number of ether oxygens (including phenoxy) is 1. The number of halogens is 1. The van der Waals surface area contributed by atoms with Crippen LogP contribution in [0.5, 0.6) is 5.75 Å². The van der Waals surface area contributed by atoms with Gasteiger partial charge in [-0.05, 0) is 56.9 Å². The summed E-state index contributed by atoms with van der Waals surface area (Å²) in [4.78, 5) is 21.3. The van der Waals surface area contributed by atoms with Crippen LogP contribution in [0.1, 0.15) is 5.56 Å². The second kappa shape index (κ2) is 8.82. The van der Waals surface area contributed by atoms with Gasteiger partial charge in [-0.15, -0.1) is 0 Å². The second-order valence-electron chi connectivity index (χ2n) is 6.56. The minimum absolute atomic E-state index is 0.0174. The Morgan fingerprint density at radius 1 is 1.19 bits per heavy atom. The van der Waals surface area contributed by atoms with Gasteiger partial charge < -0.3 is 9.64 Å². The summed E-state index contributed by atoms with van der Waals surface area (Å²) in [6, 6.07) is 13.6. The second-order valence-corrected chi connectivity index (χ2v) is 8.49. The van der Waals surface area contributed by atoms with Crippen molar-refractivity contribution in [1.29, 1.82) is 0 Å². The lowest BCUT2D eigenvalue weighted by atomic mass is 10.2. The average Bonchev–Trinajstić information content (AvgIpc) is 3.02. The van der Waals surface area contributed by atoms with Gasteiger partial charge in [-0.3, -0.25) is 9.69 Å². The standard InChI is InChI=1S/C20H22BrN3O2S/c1-14-5-4-6-16(11-14)26-13-19(25)24(10-9-23(2)3)20-22-17-8-7-15(21)12-18(17)27-20/h4-8,11-12H,9-10,13H2,1-3H3. The zero-order chi connectivity index (χ0) is 19.4. The number of thiazole rings is 1. The van der Waals surface area contributed by atoms with Gasteiger partial charge in [0.05, 0.1) is 10.2 Å². The molecule has 0 saturated carbocycles. The Labute approximate surface area is 171 Å². The van der Waals surface area contributed by atoms with Crippen LogP contribution in [0, 0.1) is 6.92 Å². The molecule has 0 radical (unpaired) electrons. The fraction of sp³-hybridized carbons (Fsp3) is 0.300. The number of anilines is 1. The van der Waals surface area contributed by atoms with E-state index < -0.39 is 0 Å². The van der Waals surface area contributed by atoms with Gasteiger partial charge in [0.1, 0.15) is 5.75 Å². The molecule has 0 aliphatic rings. The molecule has 3 aromatic rings. The van der Waals surface area contributed by atoms with Gasteiger partial charge in [0.2, 0.25) is 0 Å². The molecule has 142 valence electrons. The van der Waals surface area contributed by atoms with Gasteiger partial charge in [0.15, 0.2) is 11.7 Å². The van der Waals surface area contributed by atoms with Crippen molar-refractivity contribution in [3.63, 3.8) is 0 Å². The monoisotopic (exact) mass is 447 g/mol. The van der Waals surface area contributed by atoms with Crippen molar-refractivity contribution in [3.05, 3.63) is 52.5 Å². The molecule has 0 fully saturated rings. The van der Waals surface area contributed by atoms with E-state index in [-0.39, 0.29) is 12.5 Å². The molecular weight excluding hydrogens is 426 g/mol. The van der Waals surface area contributed by atoms with E-state index >= 15 is 0 Å². The molecule has 7 heteroatoms. The van der Waals surface area contributed by atoms with Crippen molar-refractivity contribution < 1.29 is 9.53 Å². The number of nitrogens with zero attached hydrogens (tertiary/aromatic N) is 3. The summed E-state index contributed by atoms with van der Waals surface area (Å²) in [6.07, 6.45) is 0. The Bertz CT molecular complexity index is 942. The molecule has 0 spiro atoms. The van der Waals surface area contributed by atoms with Crippen molar-refractivity contribution in [2.24, 2.45) is 0 Å². The number of hydrogen-bond donors (Lipinski definition) is 0. The highest BCUT2D eigenvalue weighted by Crippen LogP contribution is 2.31. The topological polar surface area (TPSA) is 45.7 Å². The van der Waals surface area contributed by atoms with E-state index in [2.05, 4.69) is 20.9 Å². The number of carbonyl (C=O) groups excluding carboxylic acids is 1. The van der Waals surface area contributed by atoms with Crippen LogP contribution in [0.3, 0.4) is 0 Å². The predicted octanol–water partition coefficient (Wildman–Crippen LogP) is 4.34. The van der Waals surface area contributed by atoms with Crippen molar-refractivity contribution in [2.75, 3.05) is 38.7 Å². The molecule has 0 aliphatic heterocycles. The summed E-state index contributed by atoms with van der Waals surface area (Å²) in [5.74, 6) is 0.598. The predicted molar refractivity (Wildman–Crippen MR) is 115 cm³/mol. The number of likely N-dealkylation sites (N-methyl/N-ethyl adjacent to an activating group) is 1. The first-order chi connectivity index (χ1) is 12.9. The van der Waals surface area contributed by atoms with E-state index in [0.717, 1.165) is 26.8 Å². The van der Waals surface area contributed by atoms with Crippen LogP contribution in [0.15, 0.2) is 46.9 Å². The molecule has 0 aliphatic carbocycles. The summed E-state index contributed by atoms with van der Waals surface area (Å²) in [5.41, 5.74) is 1.99. The molecule has 0 atom stereocenters. The summed E-state index contributed by atoms with van der Waals surface area (Å²) in [6.45, 7) is 3.29. The zero-order valence-electron chi connectivity index (χ0n) is 15.6. The average molecular weight is 448 g/mol. The van der Waals surface area contributed by atoms with Crippen LogP contribution in [0.4, 0.5) is 5.13 Å². The van der Waals surface area contributed by atoms with Crippen LogP contribution < -0.4 is 9.64 Å². The summed E-state index contributed by atoms with van der Waals surface area (Å²) < 4.78 is 7.76. The highest BCUT2D eigenvalue weighted by atomic mass is 79.9. The fourth-order valence-corrected chi connectivity index (χ4v) is 4.12. The number of carbonyl (C=O) groups is 1. The summed E-state index contributed by atoms with van der Waals surface area (Å²) >= 11 is 5.00. The molecule has 0 saturated heterocycles. The number of hydrogen-bond acceptors (Lipinski definition) is 5. The smallest absolute Gasteiger partial charge is 0.266 e. The number of aromatic nitrogens is 1. The number of amides is 1. The molecule has 5 nitrogen and oxygen atoms in total. The molecule has 0 N–H and O–H groups in total. The van der Waals surface area contributed by atoms with E-state index in [1.54, 1.807) is 4.90 Å². The van der Waals surface area contributed by atoms with Crippen LogP contribution in [0.2, 0.25) is 0 Å². The third-order valence-electron chi connectivity index (χ3n) is 3.99. The maximum Gasteiger partial charge on any atom is 0.266 e. The molecule has 2 aromatic carbocycles. The minimum atomic E-state index is -0.100. The number of benzene rings is 2. The fourth-order valence-electron chi connectivity index (χ4n) is 2.56. The summed E-state index contributed by atoms with van der Waals surface area (Å²) in [5, 5.41) is 0.697. The number of fused-ring (bicyclic) bond motifs is 1. The Morgan fingerprint density at radius 3 is 2.74 bits per heavy atom. The third kappa shape index (κ3) is 5.28. The molecule has 0 unspecified atom stereocenters. The zero-order valence-corrected chi connectivity index (χ0v) is 18.0. The van der Waals surface area contributed by atoms with Gasteiger partial charge in [-0.1, -0.05) is 39.4 Å². The lowest BCUT2D eigenvalue weighted by Gasteiger charge is -2.22. The Morgan fingerprint density at radius 2 is 2.00 bits per heavy atom. The molecule has 1 heterocycles. The van der Waals surface area contributed by atoms with Crippen molar-refractivity contribution in [3.8, 4) is 5.75 Å². The maximum absolute atomic E-state index is 12.9. The summed E-state index contributed by atoms with van der Waals surface area (Å²) in [7, 11) is 3.97. The van der Waals surface area contributed by atoms with Crippen molar-refractivity contribution >= 4 is 48.5 Å². The van der Waals surface area contributed by atoms with Crippen molar-refractivity contribution in [1.82, 2.24) is 9.88 Å². The molecule has 27 heavy (non-hydrogen) atoms. The van der Waals surface area contributed by atoms with Gasteiger partial charge in [-0.25, -0.2) is 4.98 Å². The van der Waals surface area contributed by atoms with Gasteiger partial charge >= 0.3 is 0 Å². The van der Waals surface area contributed by atoms with Crippen molar-refractivity contribution in [2.45, 2.75) is 6.92 Å². The molecule has 0 bridgehead atoms. The Balaban J connectivity index is 1.79. The largest absolute Gasteiger partial charge is 0.484 e. The first-order valence-corrected chi connectivity index (χ1v) is 10.2. The van der Waals surface area contributed by atoms with Crippen LogP contribution >= 0.6 is 27.3 Å². The Hall–Kier alpha value is -1.96. The molecule has 3 rings (SSSR count). The van der Waals surface area contributed by atoms with E-state index in [4.69, 9.17) is 4.74 Å². The number of aryl methyl sites for hydroxylation is 1. The normalized spacial score (nSPS) is 11.1. The third-order valence-corrected chi connectivity index (χ3v) is 5.53. The SMILES string of the molecule is Cc1cccc(OCC(=O)N(CCN(C)C)c2nc3ccc(Br)cc3s2)c1. The lowest BCUT2D eigenvalue weighted by Crippen LogP contribution is -2.39. The van der Waals surface area contributed by atoms with Crippen LogP contribution in [-0.2, 0) is 4.79 Å². The van der Waals surface area contributed by atoms with E-state index in [1.165, 1.54) is 11.3 Å². The first kappa shape index (κ1) is 19.8. The van der Waals surface area contributed by atoms with Crippen LogP contribution in [-0.4, -0.2) is 49.6 Å². The molecular formula is C20H22BrN3O2S. The first-order valence-electron chi connectivity index (χ1n) is 8.63. The Kier molecular flexibility index (Phi) is 6.46. The van der Waals surface area contributed by atoms with Crippen LogP contribution in [0.25, 0.3) is 10.2 Å². The van der Waals surface area contributed by atoms with Gasteiger partial charge in [0.25, 0.3) is 5.91 Å². The van der Waals surface area contributed by atoms with E-state index in [1.807, 2.05) is 68.4 Å². The minimum Gasteiger partial charge on any atom is -0.484 e. The maximum atomic E-state index is 12.9. The van der Waals surface area contributed by atoms with E-state index in [9.17, 15) is 4.79 Å². The lowest BCUT2D eigenvalue weighted by molar-refractivity contribution is -0.120.